The van der Waals surface area contributed by atoms with Gasteiger partial charge in [-0.2, -0.15) is 5.10 Å². The molecule has 3 aliphatic heterocycles. The third-order valence-corrected chi connectivity index (χ3v) is 8.33. The third-order valence-electron chi connectivity index (χ3n) is 7.46. The predicted molar refractivity (Wildman–Crippen MR) is 117 cm³/mol. The topological polar surface area (TPSA) is 50.2 Å². The summed E-state index contributed by atoms with van der Waals surface area (Å²) in [6.45, 7) is 3.03. The average Bonchev–Trinajstić information content (AvgIpc) is 3.43. The molecule has 0 radical (unpaired) electrons. The molecule has 6 heteroatoms. The number of piperidine rings is 3. The van der Waals surface area contributed by atoms with Crippen LogP contribution in [0.5, 0.6) is 0 Å². The smallest absolute Gasteiger partial charge is 0.261 e. The number of carbonyl (C=O) groups is 1. The van der Waals surface area contributed by atoms with E-state index in [0.717, 1.165) is 24.5 Å². The molecule has 1 aliphatic carbocycles. The van der Waals surface area contributed by atoms with Crippen molar-refractivity contribution in [2.45, 2.75) is 62.8 Å². The Hall–Kier alpha value is -1.66. The van der Waals surface area contributed by atoms with Crippen LogP contribution in [0.2, 0.25) is 0 Å². The Labute approximate surface area is 177 Å². The molecule has 1 amide bonds. The van der Waals surface area contributed by atoms with Crippen LogP contribution in [0.1, 0.15) is 77.8 Å². The van der Waals surface area contributed by atoms with Gasteiger partial charge < -0.3 is 5.32 Å². The zero-order valence-corrected chi connectivity index (χ0v) is 18.2. The lowest BCUT2D eigenvalue weighted by atomic mass is 9.74. The molecule has 4 aliphatic rings. The maximum Gasteiger partial charge on any atom is 0.261 e. The number of carbonyl (C=O) groups excluding carboxylic acids is 1. The maximum absolute atomic E-state index is 12.3. The summed E-state index contributed by atoms with van der Waals surface area (Å²) in [6.07, 6.45) is 9.17. The van der Waals surface area contributed by atoms with Gasteiger partial charge in [0.05, 0.1) is 10.6 Å². The van der Waals surface area contributed by atoms with Crippen LogP contribution >= 0.6 is 11.3 Å². The molecule has 5 heterocycles. The molecular weight excluding hydrogens is 380 g/mol. The van der Waals surface area contributed by atoms with E-state index < -0.39 is 0 Å². The van der Waals surface area contributed by atoms with Crippen LogP contribution in [0.4, 0.5) is 0 Å². The number of aryl methyl sites for hydroxylation is 1. The molecule has 6 rings (SSSR count). The van der Waals surface area contributed by atoms with Gasteiger partial charge in [0.25, 0.3) is 5.91 Å². The van der Waals surface area contributed by atoms with Gasteiger partial charge in [-0.3, -0.25) is 14.4 Å². The molecule has 2 aromatic rings. The zero-order chi connectivity index (χ0) is 19.8. The van der Waals surface area contributed by atoms with Gasteiger partial charge >= 0.3 is 0 Å². The van der Waals surface area contributed by atoms with Crippen LogP contribution in [0.15, 0.2) is 23.6 Å². The summed E-state index contributed by atoms with van der Waals surface area (Å²) >= 11 is 1.51. The van der Waals surface area contributed by atoms with E-state index in [2.05, 4.69) is 28.0 Å². The lowest BCUT2D eigenvalue weighted by Gasteiger charge is -2.50. The van der Waals surface area contributed by atoms with Crippen molar-refractivity contribution in [1.82, 2.24) is 20.0 Å². The molecule has 1 N–H and O–H groups in total. The number of thiophene rings is 1. The first-order chi connectivity index (χ1) is 14.2. The highest BCUT2D eigenvalue weighted by Gasteiger charge is 2.42. The summed E-state index contributed by atoms with van der Waals surface area (Å²) in [5.74, 6) is 2.04. The minimum absolute atomic E-state index is 0.0722. The summed E-state index contributed by atoms with van der Waals surface area (Å²) in [5, 5.41) is 10.1. The molecule has 5 nitrogen and oxygen atoms in total. The fourth-order valence-corrected chi connectivity index (χ4v) is 6.48. The number of hydrogen-bond donors (Lipinski definition) is 1. The van der Waals surface area contributed by atoms with E-state index >= 15 is 0 Å². The van der Waals surface area contributed by atoms with Crippen molar-refractivity contribution >= 4 is 17.2 Å². The van der Waals surface area contributed by atoms with Crippen molar-refractivity contribution in [1.29, 1.82) is 0 Å². The largest absolute Gasteiger partial charge is 0.350 e. The van der Waals surface area contributed by atoms with E-state index in [1.807, 2.05) is 17.5 Å². The van der Waals surface area contributed by atoms with Crippen molar-refractivity contribution in [2.75, 3.05) is 19.6 Å². The number of aromatic nitrogens is 2. The number of nitrogens with one attached hydrogen (secondary N) is 1. The Morgan fingerprint density at radius 1 is 1.28 bits per heavy atom. The molecule has 4 unspecified atom stereocenters. The molecule has 4 fully saturated rings. The zero-order valence-electron chi connectivity index (χ0n) is 17.3. The van der Waals surface area contributed by atoms with Gasteiger partial charge in [-0.15, -0.1) is 11.3 Å². The van der Waals surface area contributed by atoms with E-state index in [1.54, 1.807) is 0 Å². The summed E-state index contributed by atoms with van der Waals surface area (Å²) in [5.41, 5.74) is 2.76. The monoisotopic (exact) mass is 412 g/mol. The quantitative estimate of drug-likeness (QED) is 0.803. The lowest BCUT2D eigenvalue weighted by Crippen LogP contribution is -2.56. The second kappa shape index (κ2) is 8.23. The fraction of sp³-hybridized carbons (Fsp3) is 0.652. The van der Waals surface area contributed by atoms with Gasteiger partial charge in [0.1, 0.15) is 0 Å². The first kappa shape index (κ1) is 19.3. The standard InChI is InChI=1S/C23H32N4OS/c1-26-21(13-20(25-26)16-6-3-2-4-7-16)19-15-27-10-9-17(19)12-18(27)14-24-23(28)22-8-5-11-29-22/h5,8,11,13,16-19H,2-4,6-7,9-10,12,14-15H2,1H3,(H,24,28). The number of nitrogens with zero attached hydrogens (tertiary/aromatic N) is 3. The number of hydrogen-bond acceptors (Lipinski definition) is 4. The second-order valence-electron chi connectivity index (χ2n) is 9.18. The first-order valence-electron chi connectivity index (χ1n) is 11.3. The molecule has 156 valence electrons. The Morgan fingerprint density at radius 2 is 2.14 bits per heavy atom. The predicted octanol–water partition coefficient (Wildman–Crippen LogP) is 4.14. The van der Waals surface area contributed by atoms with Gasteiger partial charge in [0.2, 0.25) is 0 Å². The van der Waals surface area contributed by atoms with Gasteiger partial charge in [-0.25, -0.2) is 0 Å². The highest BCUT2D eigenvalue weighted by Crippen LogP contribution is 2.42. The maximum atomic E-state index is 12.3. The molecule has 4 atom stereocenters. The van der Waals surface area contributed by atoms with Crippen molar-refractivity contribution in [2.24, 2.45) is 13.0 Å². The van der Waals surface area contributed by atoms with Crippen LogP contribution in [0.3, 0.4) is 0 Å². The average molecular weight is 413 g/mol. The molecular formula is C23H32N4OS. The Bertz CT molecular complexity index is 839. The number of fused-ring (bicyclic) bond motifs is 3. The van der Waals surface area contributed by atoms with Crippen molar-refractivity contribution < 1.29 is 4.79 Å². The Kier molecular flexibility index (Phi) is 5.48. The highest BCUT2D eigenvalue weighted by molar-refractivity contribution is 7.12. The molecule has 29 heavy (non-hydrogen) atoms. The van der Waals surface area contributed by atoms with Crippen molar-refractivity contribution in [3.8, 4) is 0 Å². The van der Waals surface area contributed by atoms with Crippen LogP contribution in [-0.2, 0) is 7.05 Å². The Morgan fingerprint density at radius 3 is 2.86 bits per heavy atom. The fourth-order valence-electron chi connectivity index (χ4n) is 5.84. The van der Waals surface area contributed by atoms with Gasteiger partial charge in [-0.05, 0) is 55.7 Å². The van der Waals surface area contributed by atoms with E-state index in [1.165, 1.54) is 67.7 Å². The van der Waals surface area contributed by atoms with E-state index in [-0.39, 0.29) is 5.91 Å². The first-order valence-corrected chi connectivity index (χ1v) is 12.2. The SMILES string of the molecule is Cn1nc(C2CCCCC2)cc1C1CN2CCC1CC2CNC(=O)c1cccs1. The number of rotatable bonds is 5. The molecule has 0 aromatic carbocycles. The van der Waals surface area contributed by atoms with Crippen LogP contribution < -0.4 is 5.32 Å². The number of amides is 1. The van der Waals surface area contributed by atoms with Gasteiger partial charge in [0, 0.05) is 43.7 Å². The summed E-state index contributed by atoms with van der Waals surface area (Å²) in [6, 6.07) is 6.73. The summed E-state index contributed by atoms with van der Waals surface area (Å²) in [4.78, 5) is 15.7. The highest BCUT2D eigenvalue weighted by atomic mass is 32.1. The van der Waals surface area contributed by atoms with E-state index in [4.69, 9.17) is 5.10 Å². The van der Waals surface area contributed by atoms with Crippen LogP contribution in [0.25, 0.3) is 0 Å². The van der Waals surface area contributed by atoms with Crippen molar-refractivity contribution in [3.05, 3.63) is 39.8 Å². The normalized spacial score (nSPS) is 29.8. The third kappa shape index (κ3) is 3.89. The molecule has 3 saturated heterocycles. The van der Waals surface area contributed by atoms with Gasteiger partial charge in [0.15, 0.2) is 0 Å². The molecule has 2 aromatic heterocycles. The summed E-state index contributed by atoms with van der Waals surface area (Å²) < 4.78 is 2.17. The molecule has 2 bridgehead atoms. The molecule has 0 spiro atoms. The lowest BCUT2D eigenvalue weighted by molar-refractivity contribution is 0.0280. The Balaban J connectivity index is 1.23. The second-order valence-corrected chi connectivity index (χ2v) is 10.1. The minimum Gasteiger partial charge on any atom is -0.350 e. The molecule has 1 saturated carbocycles. The minimum atomic E-state index is 0.0722. The van der Waals surface area contributed by atoms with Crippen molar-refractivity contribution in [3.63, 3.8) is 0 Å². The summed E-state index contributed by atoms with van der Waals surface area (Å²) in [7, 11) is 2.14. The van der Waals surface area contributed by atoms with E-state index in [9.17, 15) is 4.79 Å². The van der Waals surface area contributed by atoms with Gasteiger partial charge in [-0.1, -0.05) is 25.3 Å². The van der Waals surface area contributed by atoms with E-state index in [0.29, 0.717) is 23.8 Å². The van der Waals surface area contributed by atoms with Crippen LogP contribution in [0, 0.1) is 5.92 Å². The van der Waals surface area contributed by atoms with Crippen LogP contribution in [-0.4, -0.2) is 46.3 Å².